The van der Waals surface area contributed by atoms with Crippen LogP contribution in [0.3, 0.4) is 0 Å². The molecule has 0 radical (unpaired) electrons. The zero-order chi connectivity index (χ0) is 17.2. The van der Waals surface area contributed by atoms with Gasteiger partial charge in [-0.15, -0.1) is 0 Å². The van der Waals surface area contributed by atoms with E-state index in [1.807, 2.05) is 0 Å². The Morgan fingerprint density at radius 1 is 0.958 bits per heavy atom. The average molecular weight is 340 g/mol. The summed E-state index contributed by atoms with van der Waals surface area (Å²) in [4.78, 5) is 0. The zero-order valence-electron chi connectivity index (χ0n) is 15.0. The monoisotopic (exact) mass is 339 g/mol. The highest BCUT2D eigenvalue weighted by molar-refractivity contribution is 6.99. The minimum atomic E-state index is -2.44. The maximum atomic E-state index is 7.06. The number of nitrogens with two attached hydrogens (primary N) is 1. The summed E-state index contributed by atoms with van der Waals surface area (Å²) >= 11 is 0. The lowest BCUT2D eigenvalue weighted by molar-refractivity contribution is 0.172. The molecule has 0 aromatic heterocycles. The van der Waals surface area contributed by atoms with E-state index in [4.69, 9.17) is 10.2 Å². The van der Waals surface area contributed by atoms with Gasteiger partial charge in [-0.1, -0.05) is 81.4 Å². The first-order chi connectivity index (χ1) is 11.5. The van der Waals surface area contributed by atoms with Crippen LogP contribution in [-0.2, 0) is 4.43 Å². The van der Waals surface area contributed by atoms with E-state index in [0.29, 0.717) is 12.5 Å². The van der Waals surface area contributed by atoms with E-state index in [9.17, 15) is 0 Å². The zero-order valence-corrected chi connectivity index (χ0v) is 16.0. The molecule has 3 heteroatoms. The van der Waals surface area contributed by atoms with Crippen molar-refractivity contribution in [2.75, 3.05) is 6.54 Å². The molecule has 3 rings (SSSR count). The van der Waals surface area contributed by atoms with Crippen LogP contribution in [0.25, 0.3) is 0 Å². The van der Waals surface area contributed by atoms with Gasteiger partial charge in [0.15, 0.2) is 0 Å². The Bertz CT molecular complexity index is 607. The van der Waals surface area contributed by atoms with Gasteiger partial charge >= 0.3 is 0 Å². The molecule has 2 aromatic rings. The van der Waals surface area contributed by atoms with Crippen LogP contribution in [0, 0.1) is 5.92 Å². The fourth-order valence-corrected chi connectivity index (χ4v) is 8.48. The molecule has 1 unspecified atom stereocenters. The van der Waals surface area contributed by atoms with Gasteiger partial charge in [0.25, 0.3) is 8.32 Å². The van der Waals surface area contributed by atoms with E-state index in [1.54, 1.807) is 0 Å². The van der Waals surface area contributed by atoms with Gasteiger partial charge in [-0.2, -0.15) is 0 Å². The Balaban J connectivity index is 2.17. The van der Waals surface area contributed by atoms with Gasteiger partial charge in [0.2, 0.25) is 0 Å². The van der Waals surface area contributed by atoms with Crippen LogP contribution >= 0.6 is 0 Å². The van der Waals surface area contributed by atoms with Crippen LogP contribution in [-0.4, -0.2) is 21.0 Å². The molecule has 1 aliphatic rings. The van der Waals surface area contributed by atoms with Gasteiger partial charge in [-0.05, 0) is 34.2 Å². The topological polar surface area (TPSA) is 35.2 Å². The van der Waals surface area contributed by atoms with Crippen LogP contribution in [0.1, 0.15) is 33.6 Å². The van der Waals surface area contributed by atoms with Crippen molar-refractivity contribution in [1.82, 2.24) is 0 Å². The molecule has 2 nitrogen and oxygen atoms in total. The van der Waals surface area contributed by atoms with Crippen LogP contribution in [0.15, 0.2) is 60.7 Å². The maximum Gasteiger partial charge on any atom is 0.261 e. The van der Waals surface area contributed by atoms with Gasteiger partial charge in [-0.3, -0.25) is 0 Å². The molecule has 1 aliphatic carbocycles. The van der Waals surface area contributed by atoms with Gasteiger partial charge in [0, 0.05) is 6.54 Å². The number of hydrogen-bond acceptors (Lipinski definition) is 2. The van der Waals surface area contributed by atoms with Crippen molar-refractivity contribution >= 4 is 18.7 Å². The molecule has 0 aliphatic heterocycles. The second-order valence-corrected chi connectivity index (χ2v) is 12.1. The summed E-state index contributed by atoms with van der Waals surface area (Å²) in [6.07, 6.45) is 2.66. The lowest BCUT2D eigenvalue weighted by atomic mass is 10.2. The fourth-order valence-electron chi connectivity index (χ4n) is 3.72. The third kappa shape index (κ3) is 3.21. The molecule has 0 heterocycles. The second-order valence-electron chi connectivity index (χ2n) is 7.89. The minimum Gasteiger partial charge on any atom is -0.403 e. The fraction of sp³-hybridized carbons (Fsp3) is 0.429. The SMILES string of the molecule is CC(C)(C)[Si](OC(CN)C1CC1)(c1ccccc1)c1ccccc1. The lowest BCUT2D eigenvalue weighted by Crippen LogP contribution is -2.68. The predicted molar refractivity (Wildman–Crippen MR) is 104 cm³/mol. The highest BCUT2D eigenvalue weighted by Gasteiger charge is 2.52. The molecule has 2 aromatic carbocycles. The summed E-state index contributed by atoms with van der Waals surface area (Å²) in [5.74, 6) is 0.636. The third-order valence-electron chi connectivity index (χ3n) is 5.13. The van der Waals surface area contributed by atoms with E-state index in [0.717, 1.165) is 0 Å². The van der Waals surface area contributed by atoms with E-state index in [1.165, 1.54) is 23.2 Å². The molecule has 0 spiro atoms. The molecule has 24 heavy (non-hydrogen) atoms. The molecule has 0 amide bonds. The number of hydrogen-bond donors (Lipinski definition) is 1. The first-order valence-electron chi connectivity index (χ1n) is 8.98. The largest absolute Gasteiger partial charge is 0.403 e. The van der Waals surface area contributed by atoms with E-state index in [2.05, 4.69) is 81.4 Å². The van der Waals surface area contributed by atoms with Crippen molar-refractivity contribution in [3.8, 4) is 0 Å². The Morgan fingerprint density at radius 3 is 1.75 bits per heavy atom. The number of rotatable bonds is 6. The smallest absolute Gasteiger partial charge is 0.261 e. The summed E-state index contributed by atoms with van der Waals surface area (Å²) < 4.78 is 7.06. The van der Waals surface area contributed by atoms with Crippen molar-refractivity contribution in [3.05, 3.63) is 60.7 Å². The van der Waals surface area contributed by atoms with Crippen molar-refractivity contribution in [2.24, 2.45) is 11.7 Å². The van der Waals surface area contributed by atoms with Gasteiger partial charge in [0.05, 0.1) is 6.10 Å². The van der Waals surface area contributed by atoms with Crippen LogP contribution in [0.5, 0.6) is 0 Å². The highest BCUT2D eigenvalue weighted by atomic mass is 28.4. The van der Waals surface area contributed by atoms with E-state index < -0.39 is 8.32 Å². The van der Waals surface area contributed by atoms with Crippen molar-refractivity contribution < 1.29 is 4.43 Å². The number of benzene rings is 2. The Hall–Kier alpha value is -1.42. The maximum absolute atomic E-state index is 7.06. The van der Waals surface area contributed by atoms with Crippen LogP contribution in [0.2, 0.25) is 5.04 Å². The Morgan fingerprint density at radius 2 is 1.42 bits per heavy atom. The van der Waals surface area contributed by atoms with Gasteiger partial charge < -0.3 is 10.2 Å². The summed E-state index contributed by atoms with van der Waals surface area (Å²) in [5, 5.41) is 2.70. The molecule has 128 valence electrons. The van der Waals surface area contributed by atoms with Crippen LogP contribution in [0.4, 0.5) is 0 Å². The van der Waals surface area contributed by atoms with E-state index in [-0.39, 0.29) is 11.1 Å². The predicted octanol–water partition coefficient (Wildman–Crippen LogP) is 3.30. The van der Waals surface area contributed by atoms with Crippen molar-refractivity contribution in [2.45, 2.75) is 44.8 Å². The highest BCUT2D eigenvalue weighted by Crippen LogP contribution is 2.41. The summed E-state index contributed by atoms with van der Waals surface area (Å²) in [6, 6.07) is 21.6. The first kappa shape index (κ1) is 17.4. The second kappa shape index (κ2) is 6.83. The van der Waals surface area contributed by atoms with Gasteiger partial charge in [-0.25, -0.2) is 0 Å². The van der Waals surface area contributed by atoms with Crippen molar-refractivity contribution in [3.63, 3.8) is 0 Å². The molecule has 0 saturated heterocycles. The molecular formula is C21H29NOSi. The van der Waals surface area contributed by atoms with Crippen molar-refractivity contribution in [1.29, 1.82) is 0 Å². The quantitative estimate of drug-likeness (QED) is 0.820. The molecule has 1 saturated carbocycles. The summed E-state index contributed by atoms with van der Waals surface area (Å²) in [7, 11) is -2.44. The molecular weight excluding hydrogens is 310 g/mol. The normalized spacial score (nSPS) is 16.8. The average Bonchev–Trinajstić information content (AvgIpc) is 3.41. The standard InChI is InChI=1S/C21H29NOSi/c1-21(2,3)24(18-10-6-4-7-11-18,19-12-8-5-9-13-19)23-20(16-22)17-14-15-17/h4-13,17,20H,14-16,22H2,1-3H3. The third-order valence-corrected chi connectivity index (χ3v) is 10.2. The molecule has 1 atom stereocenters. The van der Waals surface area contributed by atoms with E-state index >= 15 is 0 Å². The van der Waals surface area contributed by atoms with Gasteiger partial charge in [0.1, 0.15) is 0 Å². The Labute approximate surface area is 147 Å². The molecule has 0 bridgehead atoms. The lowest BCUT2D eigenvalue weighted by Gasteiger charge is -2.45. The summed E-state index contributed by atoms with van der Waals surface area (Å²) in [5.41, 5.74) is 6.12. The summed E-state index contributed by atoms with van der Waals surface area (Å²) in [6.45, 7) is 7.56. The minimum absolute atomic E-state index is 0.0258. The first-order valence-corrected chi connectivity index (χ1v) is 10.9. The molecule has 1 fully saturated rings. The van der Waals surface area contributed by atoms with Crippen LogP contribution < -0.4 is 16.1 Å². The Kier molecular flexibility index (Phi) is 4.95. The molecule has 2 N–H and O–H groups in total.